The van der Waals surface area contributed by atoms with Gasteiger partial charge in [0.15, 0.2) is 5.17 Å². The number of allylic oxidation sites excluding steroid dienone is 4. The molecule has 4 aromatic rings. The first-order valence-corrected chi connectivity index (χ1v) is 18.9. The van der Waals surface area contributed by atoms with E-state index in [2.05, 4.69) is 61.5 Å². The van der Waals surface area contributed by atoms with Crippen molar-refractivity contribution < 1.29 is 19.1 Å². The van der Waals surface area contributed by atoms with Crippen molar-refractivity contribution in [2.75, 3.05) is 5.75 Å². The van der Waals surface area contributed by atoms with E-state index in [4.69, 9.17) is 4.74 Å². The largest absolute Gasteiger partial charge is 0.487 e. The maximum atomic E-state index is 14.1. The zero-order valence-corrected chi connectivity index (χ0v) is 32.6. The zero-order chi connectivity index (χ0) is 36.3. The minimum absolute atomic E-state index is 0.0809. The van der Waals surface area contributed by atoms with Crippen molar-refractivity contribution in [1.29, 1.82) is 0 Å². The maximum Gasteiger partial charge on any atom is 0.285 e. The molecule has 258 valence electrons. The van der Waals surface area contributed by atoms with Gasteiger partial charge in [-0.3, -0.25) is 19.3 Å². The summed E-state index contributed by atoms with van der Waals surface area (Å²) in [5.41, 5.74) is 5.04. The lowest BCUT2D eigenvalue weighted by Gasteiger charge is -2.28. The van der Waals surface area contributed by atoms with Crippen molar-refractivity contribution in [2.45, 2.75) is 26.5 Å². The molecule has 7 nitrogen and oxygen atoms in total. The SMILES string of the molecule is C=C/C=C\C(=C/C)N1C(=O)/C(=C/c2cc(Br)c(OCc3cccc(C)c3)c(I)c2)C(=O)N=C1SCC(=O)NC(c1ccccc1)c1ccccc1. The molecule has 0 atom stereocenters. The fourth-order valence-electron chi connectivity index (χ4n) is 5.32. The summed E-state index contributed by atoms with van der Waals surface area (Å²) in [7, 11) is 0. The Labute approximate surface area is 324 Å². The van der Waals surface area contributed by atoms with Gasteiger partial charge in [-0.25, -0.2) is 0 Å². The molecule has 4 aromatic carbocycles. The van der Waals surface area contributed by atoms with Gasteiger partial charge >= 0.3 is 0 Å². The molecule has 5 rings (SSSR count). The van der Waals surface area contributed by atoms with Gasteiger partial charge in [0.1, 0.15) is 17.9 Å². The fraction of sp³-hybridized carbons (Fsp3) is 0.122. The molecule has 0 bridgehead atoms. The molecule has 0 spiro atoms. The number of carbonyl (C=O) groups excluding carboxylic acids is 3. The second-order valence-corrected chi connectivity index (χ2v) is 14.4. The Balaban J connectivity index is 1.39. The first-order chi connectivity index (χ1) is 24.7. The highest BCUT2D eigenvalue weighted by Crippen LogP contribution is 2.34. The molecular formula is C41H35BrIN3O4S. The normalized spacial score (nSPS) is 14.3. The molecule has 1 N–H and O–H groups in total. The van der Waals surface area contributed by atoms with E-state index in [1.54, 1.807) is 37.3 Å². The second-order valence-electron chi connectivity index (χ2n) is 11.4. The van der Waals surface area contributed by atoms with E-state index in [1.165, 1.54) is 11.0 Å². The van der Waals surface area contributed by atoms with E-state index in [9.17, 15) is 14.4 Å². The summed E-state index contributed by atoms with van der Waals surface area (Å²) in [5, 5.41) is 3.21. The molecule has 3 amide bonds. The number of hydrogen-bond acceptors (Lipinski definition) is 5. The third kappa shape index (κ3) is 9.84. The Morgan fingerprint density at radius 3 is 2.31 bits per heavy atom. The topological polar surface area (TPSA) is 88.1 Å². The van der Waals surface area contributed by atoms with Gasteiger partial charge in [-0.05, 0) is 98.9 Å². The molecule has 0 unspecified atom stereocenters. The van der Waals surface area contributed by atoms with Crippen LogP contribution in [0.25, 0.3) is 6.08 Å². The van der Waals surface area contributed by atoms with E-state index in [0.29, 0.717) is 28.1 Å². The van der Waals surface area contributed by atoms with Crippen molar-refractivity contribution in [3.63, 3.8) is 0 Å². The van der Waals surface area contributed by atoms with E-state index in [0.717, 1.165) is 37.6 Å². The molecule has 0 aromatic heterocycles. The van der Waals surface area contributed by atoms with E-state index >= 15 is 0 Å². The highest BCUT2D eigenvalue weighted by molar-refractivity contribution is 14.1. The average molecular weight is 873 g/mol. The lowest BCUT2D eigenvalue weighted by Crippen LogP contribution is -2.42. The highest BCUT2D eigenvalue weighted by Gasteiger charge is 2.35. The number of aliphatic imine (C=N–C) groups is 1. The van der Waals surface area contributed by atoms with Gasteiger partial charge in [0.2, 0.25) is 5.91 Å². The maximum absolute atomic E-state index is 14.1. The van der Waals surface area contributed by atoms with Crippen LogP contribution in [0, 0.1) is 10.5 Å². The van der Waals surface area contributed by atoms with Gasteiger partial charge in [0.05, 0.1) is 19.8 Å². The third-order valence-corrected chi connectivity index (χ3v) is 10.0. The van der Waals surface area contributed by atoms with E-state index in [1.807, 2.05) is 91.9 Å². The van der Waals surface area contributed by atoms with Crippen LogP contribution in [-0.4, -0.2) is 33.5 Å². The van der Waals surface area contributed by atoms with Crippen molar-refractivity contribution in [2.24, 2.45) is 4.99 Å². The van der Waals surface area contributed by atoms with Gasteiger partial charge in [0, 0.05) is 5.70 Å². The van der Waals surface area contributed by atoms with E-state index in [-0.39, 0.29) is 28.4 Å². The van der Waals surface area contributed by atoms with Crippen LogP contribution >= 0.6 is 50.3 Å². The average Bonchev–Trinajstić information content (AvgIpc) is 3.13. The Kier molecular flexibility index (Phi) is 13.4. The van der Waals surface area contributed by atoms with Gasteiger partial charge < -0.3 is 10.1 Å². The lowest BCUT2D eigenvalue weighted by atomic mass is 9.99. The van der Waals surface area contributed by atoms with Gasteiger partial charge in [-0.15, -0.1) is 0 Å². The number of amides is 3. The van der Waals surface area contributed by atoms with Crippen LogP contribution in [0.15, 0.2) is 149 Å². The smallest absolute Gasteiger partial charge is 0.285 e. The Hall–Kier alpha value is -4.52. The number of rotatable bonds is 12. The molecule has 10 heteroatoms. The predicted octanol–water partition coefficient (Wildman–Crippen LogP) is 9.33. The standard InChI is InChI=1S/C41H35BrIN3O4S/c1-4-6-20-32(5-2)46-40(49)33(22-29-23-34(42)38(35(43)24-29)50-25-28-15-13-14-27(3)21-28)39(48)45-41(46)51-26-36(47)44-37(30-16-9-7-10-17-30)31-18-11-8-12-19-31/h4-24,37H,1,25-26H2,2-3H3,(H,44,47)/b20-6-,32-5+,33-22+. The van der Waals surface area contributed by atoms with Crippen LogP contribution in [0.4, 0.5) is 0 Å². The summed E-state index contributed by atoms with van der Waals surface area (Å²) in [6, 6.07) is 30.7. The molecule has 0 fully saturated rings. The van der Waals surface area contributed by atoms with Crippen LogP contribution in [0.1, 0.15) is 40.8 Å². The fourth-order valence-corrected chi connectivity index (χ4v) is 7.90. The Bertz CT molecular complexity index is 2000. The van der Waals surface area contributed by atoms with Crippen molar-refractivity contribution >= 4 is 79.2 Å². The number of benzene rings is 4. The van der Waals surface area contributed by atoms with Gasteiger partial charge in [-0.2, -0.15) is 4.99 Å². The van der Waals surface area contributed by atoms with Crippen LogP contribution in [0.2, 0.25) is 0 Å². The van der Waals surface area contributed by atoms with Crippen LogP contribution in [0.3, 0.4) is 0 Å². The summed E-state index contributed by atoms with van der Waals surface area (Å²) >= 11 is 6.81. The number of carbonyl (C=O) groups is 3. The first-order valence-electron chi connectivity index (χ1n) is 16.0. The first kappa shape index (κ1) is 37.7. The summed E-state index contributed by atoms with van der Waals surface area (Å²) in [5.74, 6) is -0.960. The lowest BCUT2D eigenvalue weighted by molar-refractivity contribution is -0.126. The van der Waals surface area contributed by atoms with Gasteiger partial charge in [-0.1, -0.05) is 127 Å². The Morgan fingerprint density at radius 2 is 1.71 bits per heavy atom. The number of hydrogen-bond donors (Lipinski definition) is 1. The molecule has 51 heavy (non-hydrogen) atoms. The number of ether oxygens (including phenoxy) is 1. The molecular weight excluding hydrogens is 837 g/mol. The molecule has 1 aliphatic rings. The molecule has 0 radical (unpaired) electrons. The number of thioether (sulfide) groups is 1. The van der Waals surface area contributed by atoms with E-state index < -0.39 is 11.8 Å². The minimum Gasteiger partial charge on any atom is -0.487 e. The summed E-state index contributed by atoms with van der Waals surface area (Å²) < 4.78 is 7.61. The van der Waals surface area contributed by atoms with Crippen LogP contribution < -0.4 is 10.1 Å². The second kappa shape index (κ2) is 18.1. The number of aryl methyl sites for hydroxylation is 1. The molecule has 0 aliphatic carbocycles. The molecule has 1 heterocycles. The molecule has 1 aliphatic heterocycles. The summed E-state index contributed by atoms with van der Waals surface area (Å²) in [6.45, 7) is 7.95. The number of halogens is 2. The molecule has 0 saturated carbocycles. The predicted molar refractivity (Wildman–Crippen MR) is 218 cm³/mol. The zero-order valence-electron chi connectivity index (χ0n) is 28.0. The monoisotopic (exact) mass is 871 g/mol. The quantitative estimate of drug-likeness (QED) is 0.0664. The number of amidine groups is 1. The third-order valence-electron chi connectivity index (χ3n) is 7.71. The number of nitrogens with one attached hydrogen (secondary N) is 1. The Morgan fingerprint density at radius 1 is 1.02 bits per heavy atom. The minimum atomic E-state index is -0.695. The van der Waals surface area contributed by atoms with Crippen LogP contribution in [-0.2, 0) is 21.0 Å². The number of nitrogens with zero attached hydrogens (tertiary/aromatic N) is 2. The molecule has 0 saturated heterocycles. The van der Waals surface area contributed by atoms with Crippen LogP contribution in [0.5, 0.6) is 5.75 Å². The summed E-state index contributed by atoms with van der Waals surface area (Å²) in [4.78, 5) is 46.7. The van der Waals surface area contributed by atoms with Crippen molar-refractivity contribution in [3.8, 4) is 5.75 Å². The van der Waals surface area contributed by atoms with Crippen molar-refractivity contribution in [3.05, 3.63) is 175 Å². The van der Waals surface area contributed by atoms with Gasteiger partial charge in [0.25, 0.3) is 11.8 Å². The highest BCUT2D eigenvalue weighted by atomic mass is 127. The van der Waals surface area contributed by atoms with Crippen molar-refractivity contribution in [1.82, 2.24) is 10.2 Å². The summed E-state index contributed by atoms with van der Waals surface area (Å²) in [6.07, 6.45) is 8.25.